The van der Waals surface area contributed by atoms with E-state index in [0.717, 1.165) is 51.6 Å². The van der Waals surface area contributed by atoms with Crippen molar-refractivity contribution in [2.75, 3.05) is 31.9 Å². The molecule has 0 aromatic carbocycles. The van der Waals surface area contributed by atoms with Crippen molar-refractivity contribution in [2.24, 2.45) is 29.6 Å². The zero-order chi connectivity index (χ0) is 25.1. The van der Waals surface area contributed by atoms with Crippen LogP contribution in [0.1, 0.15) is 96.8 Å². The van der Waals surface area contributed by atoms with Crippen molar-refractivity contribution in [3.63, 3.8) is 0 Å². The minimum absolute atomic E-state index is 0.00681. The maximum atomic E-state index is 13.3. The quantitative estimate of drug-likeness (QED) is 0.530. The molecule has 2 N–H and O–H groups in total. The van der Waals surface area contributed by atoms with Gasteiger partial charge in [-0.25, -0.2) is 17.7 Å². The van der Waals surface area contributed by atoms with Crippen LogP contribution < -0.4 is 10.7 Å². The predicted octanol–water partition coefficient (Wildman–Crippen LogP) is 3.91. The van der Waals surface area contributed by atoms with E-state index in [9.17, 15) is 13.2 Å². The van der Waals surface area contributed by atoms with E-state index in [2.05, 4.69) is 22.7 Å². The average molecular weight is 523 g/mol. The van der Waals surface area contributed by atoms with Crippen LogP contribution in [0.4, 0.5) is 0 Å². The SMILES string of the molecule is CC1NN2CCC(C3CCN(S(=O)(=O)CC4CCCCC4)CC3)CC2C1C(=O)NCC1CCCCC1. The van der Waals surface area contributed by atoms with Crippen LogP contribution in [0.25, 0.3) is 0 Å². The number of carbonyl (C=O) groups is 1. The molecule has 5 aliphatic rings. The molecule has 8 heteroatoms. The summed E-state index contributed by atoms with van der Waals surface area (Å²) < 4.78 is 28.0. The molecule has 0 bridgehead atoms. The highest BCUT2D eigenvalue weighted by Gasteiger charge is 2.48. The van der Waals surface area contributed by atoms with Crippen LogP contribution >= 0.6 is 0 Å². The van der Waals surface area contributed by atoms with Crippen LogP contribution in [-0.2, 0) is 14.8 Å². The van der Waals surface area contributed by atoms with Gasteiger partial charge in [-0.3, -0.25) is 10.2 Å². The average Bonchev–Trinajstić information content (AvgIpc) is 3.23. The zero-order valence-electron chi connectivity index (χ0n) is 22.5. The second-order valence-electron chi connectivity index (χ2n) is 12.8. The molecule has 0 radical (unpaired) electrons. The van der Waals surface area contributed by atoms with E-state index < -0.39 is 10.0 Å². The molecule has 2 saturated carbocycles. The summed E-state index contributed by atoms with van der Waals surface area (Å²) in [4.78, 5) is 13.3. The van der Waals surface area contributed by atoms with Crippen molar-refractivity contribution in [1.29, 1.82) is 0 Å². The molecule has 1 amide bonds. The molecule has 2 aliphatic carbocycles. The van der Waals surface area contributed by atoms with Crippen molar-refractivity contribution in [2.45, 2.75) is 109 Å². The molecule has 5 fully saturated rings. The first-order valence-corrected chi connectivity index (χ1v) is 16.8. The largest absolute Gasteiger partial charge is 0.355 e. The number of fused-ring (bicyclic) bond motifs is 1. The highest BCUT2D eigenvalue weighted by molar-refractivity contribution is 7.89. The van der Waals surface area contributed by atoms with Gasteiger partial charge in [0.15, 0.2) is 0 Å². The van der Waals surface area contributed by atoms with E-state index in [0.29, 0.717) is 42.5 Å². The van der Waals surface area contributed by atoms with Crippen LogP contribution in [0.2, 0.25) is 0 Å². The summed E-state index contributed by atoms with van der Waals surface area (Å²) >= 11 is 0. The van der Waals surface area contributed by atoms with E-state index >= 15 is 0 Å². The molecule has 3 saturated heterocycles. The number of hydrogen-bond donors (Lipinski definition) is 2. The van der Waals surface area contributed by atoms with Crippen LogP contribution in [-0.4, -0.2) is 67.7 Å². The summed E-state index contributed by atoms with van der Waals surface area (Å²) in [5.74, 6) is 2.79. The van der Waals surface area contributed by atoms with Gasteiger partial charge in [0.25, 0.3) is 0 Å². The van der Waals surface area contributed by atoms with E-state index in [4.69, 9.17) is 0 Å². The Hall–Kier alpha value is -0.700. The summed E-state index contributed by atoms with van der Waals surface area (Å²) in [7, 11) is -3.13. The van der Waals surface area contributed by atoms with Crippen molar-refractivity contribution in [3.8, 4) is 0 Å². The summed E-state index contributed by atoms with van der Waals surface area (Å²) in [6.07, 6.45) is 16.4. The number of rotatable bonds is 7. The molecule has 0 spiro atoms. The molecule has 4 atom stereocenters. The Balaban J connectivity index is 1.12. The van der Waals surface area contributed by atoms with E-state index in [1.165, 1.54) is 51.4 Å². The van der Waals surface area contributed by atoms with Gasteiger partial charge in [0, 0.05) is 38.3 Å². The Labute approximate surface area is 219 Å². The van der Waals surface area contributed by atoms with E-state index in [-0.39, 0.29) is 23.9 Å². The molecule has 4 unspecified atom stereocenters. The lowest BCUT2D eigenvalue weighted by Gasteiger charge is -2.42. The minimum Gasteiger partial charge on any atom is -0.355 e. The fourth-order valence-electron chi connectivity index (χ4n) is 8.17. The fraction of sp³-hybridized carbons (Fsp3) is 0.964. The maximum absolute atomic E-state index is 13.3. The third-order valence-electron chi connectivity index (χ3n) is 10.3. The van der Waals surface area contributed by atoms with Crippen LogP contribution in [0.5, 0.6) is 0 Å². The molecular formula is C28H50N4O3S. The molecule has 3 aliphatic heterocycles. The monoisotopic (exact) mass is 522 g/mol. The van der Waals surface area contributed by atoms with Crippen LogP contribution in [0.3, 0.4) is 0 Å². The molecule has 5 rings (SSSR count). The number of nitrogens with one attached hydrogen (secondary N) is 2. The van der Waals surface area contributed by atoms with E-state index in [1.807, 2.05) is 0 Å². The number of sulfonamides is 1. The third-order valence-corrected chi connectivity index (χ3v) is 12.4. The first-order chi connectivity index (χ1) is 17.4. The first-order valence-electron chi connectivity index (χ1n) is 15.2. The number of carbonyl (C=O) groups excluding carboxylic acids is 1. The van der Waals surface area contributed by atoms with Gasteiger partial charge in [-0.05, 0) is 82.0 Å². The van der Waals surface area contributed by atoms with Gasteiger partial charge in [-0.1, -0.05) is 38.5 Å². The Morgan fingerprint density at radius 3 is 2.11 bits per heavy atom. The molecule has 0 aromatic rings. The number of hydrogen-bond acceptors (Lipinski definition) is 5. The van der Waals surface area contributed by atoms with Gasteiger partial charge in [0.05, 0.1) is 11.7 Å². The minimum atomic E-state index is -3.13. The number of piperidine rings is 2. The van der Waals surface area contributed by atoms with Crippen molar-refractivity contribution < 1.29 is 13.2 Å². The van der Waals surface area contributed by atoms with Gasteiger partial charge in [-0.2, -0.15) is 0 Å². The van der Waals surface area contributed by atoms with Crippen molar-refractivity contribution >= 4 is 15.9 Å². The smallest absolute Gasteiger partial charge is 0.226 e. The second kappa shape index (κ2) is 12.0. The molecule has 0 aromatic heterocycles. The third kappa shape index (κ3) is 6.29. The topological polar surface area (TPSA) is 81.8 Å². The van der Waals surface area contributed by atoms with Crippen LogP contribution in [0.15, 0.2) is 0 Å². The highest BCUT2D eigenvalue weighted by atomic mass is 32.2. The van der Waals surface area contributed by atoms with E-state index in [1.54, 1.807) is 4.31 Å². The van der Waals surface area contributed by atoms with Crippen molar-refractivity contribution in [1.82, 2.24) is 20.1 Å². The summed E-state index contributed by atoms with van der Waals surface area (Å²) in [5, 5.41) is 5.67. The van der Waals surface area contributed by atoms with Gasteiger partial charge in [0.2, 0.25) is 15.9 Å². The first kappa shape index (κ1) is 26.9. The number of nitrogens with zero attached hydrogens (tertiary/aromatic N) is 2. The Kier molecular flexibility index (Phi) is 8.96. The number of hydrazine groups is 1. The Morgan fingerprint density at radius 2 is 1.44 bits per heavy atom. The predicted molar refractivity (Wildman–Crippen MR) is 144 cm³/mol. The Bertz CT molecular complexity index is 832. The lowest BCUT2D eigenvalue weighted by molar-refractivity contribution is -0.126. The normalized spacial score (nSPS) is 34.5. The van der Waals surface area contributed by atoms with Gasteiger partial charge < -0.3 is 5.32 Å². The Morgan fingerprint density at radius 1 is 0.833 bits per heavy atom. The van der Waals surface area contributed by atoms with Crippen LogP contribution in [0, 0.1) is 29.6 Å². The highest BCUT2D eigenvalue weighted by Crippen LogP contribution is 2.40. The summed E-state index contributed by atoms with van der Waals surface area (Å²) in [6, 6.07) is 0.435. The van der Waals surface area contributed by atoms with Crippen molar-refractivity contribution in [3.05, 3.63) is 0 Å². The zero-order valence-corrected chi connectivity index (χ0v) is 23.3. The molecule has 3 heterocycles. The van der Waals surface area contributed by atoms with Gasteiger partial charge in [0.1, 0.15) is 0 Å². The van der Waals surface area contributed by atoms with Gasteiger partial charge in [-0.15, -0.1) is 0 Å². The molecule has 36 heavy (non-hydrogen) atoms. The lowest BCUT2D eigenvalue weighted by Crippen LogP contribution is -2.50. The fourth-order valence-corrected chi connectivity index (χ4v) is 10.1. The lowest BCUT2D eigenvalue weighted by atomic mass is 9.74. The molecule has 206 valence electrons. The molecule has 7 nitrogen and oxygen atoms in total. The standard InChI is InChI=1S/C28H50N4O3S/c1-21-27(28(33)29-19-22-8-4-2-5-9-22)26-18-25(14-17-32(26)30-21)24-12-15-31(16-13-24)36(34,35)20-23-10-6-3-7-11-23/h21-27,30H,2-20H2,1H3,(H,29,33). The number of amides is 1. The maximum Gasteiger partial charge on any atom is 0.226 e. The summed E-state index contributed by atoms with van der Waals surface area (Å²) in [6.45, 7) is 5.36. The van der Waals surface area contributed by atoms with Gasteiger partial charge >= 0.3 is 0 Å². The summed E-state index contributed by atoms with van der Waals surface area (Å²) in [5.41, 5.74) is 3.60. The molecular weight excluding hydrogens is 472 g/mol. The second-order valence-corrected chi connectivity index (χ2v) is 14.8.